The van der Waals surface area contributed by atoms with Gasteiger partial charge in [-0.3, -0.25) is 0 Å². The molecule has 1 saturated heterocycles. The number of hydrogen-bond donors (Lipinski definition) is 2. The fourth-order valence-corrected chi connectivity index (χ4v) is 3.09. The molecule has 0 amide bonds. The van der Waals surface area contributed by atoms with Crippen LogP contribution in [0.15, 0.2) is 24.4 Å². The zero-order valence-electron chi connectivity index (χ0n) is 12.1. The highest BCUT2D eigenvalue weighted by molar-refractivity contribution is 5.94. The van der Waals surface area contributed by atoms with Crippen LogP contribution < -0.4 is 20.1 Å². The fourth-order valence-electron chi connectivity index (χ4n) is 3.09. The molecule has 0 aliphatic carbocycles. The van der Waals surface area contributed by atoms with Gasteiger partial charge in [0.25, 0.3) is 0 Å². The number of fused-ring (bicyclic) bond motifs is 2. The van der Waals surface area contributed by atoms with Gasteiger partial charge in [-0.05, 0) is 49.9 Å². The number of pyridine rings is 1. The van der Waals surface area contributed by atoms with Gasteiger partial charge in [-0.25, -0.2) is 4.98 Å². The van der Waals surface area contributed by atoms with E-state index in [0.29, 0.717) is 18.9 Å². The van der Waals surface area contributed by atoms with Crippen LogP contribution in [0, 0.1) is 0 Å². The highest BCUT2D eigenvalue weighted by Gasteiger charge is 2.22. The van der Waals surface area contributed by atoms with Crippen molar-refractivity contribution >= 4 is 16.6 Å². The van der Waals surface area contributed by atoms with Gasteiger partial charge in [0, 0.05) is 23.7 Å². The minimum absolute atomic E-state index is 0.297. The zero-order chi connectivity index (χ0) is 14.2. The van der Waals surface area contributed by atoms with E-state index in [4.69, 9.17) is 9.47 Å². The van der Waals surface area contributed by atoms with Crippen LogP contribution in [0.25, 0.3) is 10.8 Å². The fraction of sp³-hybridized carbons (Fsp3) is 0.438. The molecule has 2 aliphatic rings. The van der Waals surface area contributed by atoms with Crippen LogP contribution >= 0.6 is 0 Å². The molecule has 5 heteroatoms. The first-order valence-corrected chi connectivity index (χ1v) is 7.49. The van der Waals surface area contributed by atoms with Crippen LogP contribution in [0.3, 0.4) is 0 Å². The third kappa shape index (κ3) is 2.27. The summed E-state index contributed by atoms with van der Waals surface area (Å²) in [6.07, 6.45) is 4.20. The highest BCUT2D eigenvalue weighted by atomic mass is 16.7. The predicted octanol–water partition coefficient (Wildman–Crippen LogP) is 2.52. The zero-order valence-corrected chi connectivity index (χ0v) is 12.1. The van der Waals surface area contributed by atoms with E-state index in [1.54, 1.807) is 0 Å². The molecule has 2 aliphatic heterocycles. The predicted molar refractivity (Wildman–Crippen MR) is 82.0 cm³/mol. The second-order valence-electron chi connectivity index (χ2n) is 5.72. The van der Waals surface area contributed by atoms with Gasteiger partial charge in [0.1, 0.15) is 5.82 Å². The molecule has 0 radical (unpaired) electrons. The van der Waals surface area contributed by atoms with E-state index in [9.17, 15) is 0 Å². The number of hydrogen-bond acceptors (Lipinski definition) is 5. The van der Waals surface area contributed by atoms with Gasteiger partial charge in [0.15, 0.2) is 11.5 Å². The van der Waals surface area contributed by atoms with Gasteiger partial charge < -0.3 is 20.1 Å². The van der Waals surface area contributed by atoms with Gasteiger partial charge in [0.2, 0.25) is 6.79 Å². The average Bonchev–Trinajstić information content (AvgIpc) is 2.95. The van der Waals surface area contributed by atoms with Crippen molar-refractivity contribution in [2.45, 2.75) is 31.8 Å². The number of nitrogens with one attached hydrogen (secondary N) is 2. The van der Waals surface area contributed by atoms with Gasteiger partial charge >= 0.3 is 0 Å². The maximum atomic E-state index is 5.48. The normalized spacial score (nSPS) is 24.2. The van der Waals surface area contributed by atoms with Gasteiger partial charge in [-0.1, -0.05) is 0 Å². The first kappa shape index (κ1) is 12.7. The minimum Gasteiger partial charge on any atom is -0.454 e. The number of nitrogens with zero attached hydrogens (tertiary/aromatic N) is 1. The monoisotopic (exact) mass is 285 g/mol. The summed E-state index contributed by atoms with van der Waals surface area (Å²) < 4.78 is 10.9. The SMILES string of the molecule is CC1NCCCC1Nc1nccc2cc3c(cc12)OCO3. The van der Waals surface area contributed by atoms with Crippen molar-refractivity contribution in [3.8, 4) is 11.5 Å². The molecule has 0 saturated carbocycles. The van der Waals surface area contributed by atoms with Crippen molar-refractivity contribution < 1.29 is 9.47 Å². The number of anilines is 1. The summed E-state index contributed by atoms with van der Waals surface area (Å²) in [6.45, 7) is 3.61. The van der Waals surface area contributed by atoms with Crippen molar-refractivity contribution in [2.24, 2.45) is 0 Å². The van der Waals surface area contributed by atoms with Gasteiger partial charge in [-0.2, -0.15) is 0 Å². The molecule has 1 aromatic carbocycles. The average molecular weight is 285 g/mol. The molecule has 21 heavy (non-hydrogen) atoms. The van der Waals surface area contributed by atoms with Crippen LogP contribution in [0.1, 0.15) is 19.8 Å². The molecule has 2 unspecified atom stereocenters. The summed E-state index contributed by atoms with van der Waals surface area (Å²) in [5, 5.41) is 9.30. The van der Waals surface area contributed by atoms with E-state index in [0.717, 1.165) is 41.1 Å². The Morgan fingerprint density at radius 2 is 2.14 bits per heavy atom. The number of piperidine rings is 1. The lowest BCUT2D eigenvalue weighted by Crippen LogP contribution is -2.46. The minimum atomic E-state index is 0.297. The van der Waals surface area contributed by atoms with Crippen molar-refractivity contribution in [1.29, 1.82) is 0 Å². The largest absolute Gasteiger partial charge is 0.454 e. The molecule has 3 heterocycles. The molecular weight excluding hydrogens is 266 g/mol. The van der Waals surface area contributed by atoms with Crippen LogP contribution in [-0.2, 0) is 0 Å². The van der Waals surface area contributed by atoms with E-state index in [-0.39, 0.29) is 0 Å². The molecule has 5 nitrogen and oxygen atoms in total. The van der Waals surface area contributed by atoms with E-state index in [2.05, 4.69) is 22.5 Å². The summed E-state index contributed by atoms with van der Waals surface area (Å²) in [7, 11) is 0. The highest BCUT2D eigenvalue weighted by Crippen LogP contribution is 2.38. The Hall–Kier alpha value is -2.01. The number of ether oxygens (including phenoxy) is 2. The Balaban J connectivity index is 1.71. The molecule has 1 fully saturated rings. The molecule has 0 bridgehead atoms. The summed E-state index contributed by atoms with van der Waals surface area (Å²) in [5.74, 6) is 2.53. The third-order valence-corrected chi connectivity index (χ3v) is 4.34. The molecular formula is C16H19N3O2. The van der Waals surface area contributed by atoms with Gasteiger partial charge in [0.05, 0.1) is 0 Å². The summed E-state index contributed by atoms with van der Waals surface area (Å²) >= 11 is 0. The lowest BCUT2D eigenvalue weighted by atomic mass is 9.99. The Bertz CT molecular complexity index is 674. The van der Waals surface area contributed by atoms with Crippen LogP contribution in [0.4, 0.5) is 5.82 Å². The smallest absolute Gasteiger partial charge is 0.231 e. The van der Waals surface area contributed by atoms with Crippen LogP contribution in [-0.4, -0.2) is 30.4 Å². The van der Waals surface area contributed by atoms with Crippen molar-refractivity contribution in [2.75, 3.05) is 18.7 Å². The first-order valence-electron chi connectivity index (χ1n) is 7.49. The second kappa shape index (κ2) is 5.07. The Kier molecular flexibility index (Phi) is 3.07. The standard InChI is InChI=1S/C16H19N3O2/c1-10-13(3-2-5-17-10)19-16-12-8-15-14(20-9-21-15)7-11(12)4-6-18-16/h4,6-8,10,13,17H,2-3,5,9H2,1H3,(H,18,19). The second-order valence-corrected chi connectivity index (χ2v) is 5.72. The summed E-state index contributed by atoms with van der Waals surface area (Å²) in [4.78, 5) is 4.53. The Labute approximate surface area is 123 Å². The van der Waals surface area contributed by atoms with E-state index in [1.807, 2.05) is 24.4 Å². The third-order valence-electron chi connectivity index (χ3n) is 4.34. The lowest BCUT2D eigenvalue weighted by Gasteiger charge is -2.31. The quantitative estimate of drug-likeness (QED) is 0.888. The molecule has 2 N–H and O–H groups in total. The maximum Gasteiger partial charge on any atom is 0.231 e. The van der Waals surface area contributed by atoms with Crippen molar-refractivity contribution in [1.82, 2.24) is 10.3 Å². The molecule has 2 aromatic rings. The van der Waals surface area contributed by atoms with Crippen molar-refractivity contribution in [3.05, 3.63) is 24.4 Å². The van der Waals surface area contributed by atoms with E-state index in [1.165, 1.54) is 6.42 Å². The molecule has 0 spiro atoms. The molecule has 110 valence electrons. The van der Waals surface area contributed by atoms with Gasteiger partial charge in [-0.15, -0.1) is 0 Å². The molecule has 1 aromatic heterocycles. The lowest BCUT2D eigenvalue weighted by molar-refractivity contribution is 0.174. The summed E-state index contributed by atoms with van der Waals surface area (Å²) in [5.41, 5.74) is 0. The van der Waals surface area contributed by atoms with E-state index < -0.39 is 0 Å². The maximum absolute atomic E-state index is 5.48. The van der Waals surface area contributed by atoms with Crippen LogP contribution in [0.2, 0.25) is 0 Å². The molecule has 2 atom stereocenters. The van der Waals surface area contributed by atoms with E-state index >= 15 is 0 Å². The number of aromatic nitrogens is 1. The Morgan fingerprint density at radius 3 is 3.00 bits per heavy atom. The van der Waals surface area contributed by atoms with Crippen molar-refractivity contribution in [3.63, 3.8) is 0 Å². The summed E-state index contributed by atoms with van der Waals surface area (Å²) in [6, 6.07) is 6.90. The number of rotatable bonds is 2. The Morgan fingerprint density at radius 1 is 1.29 bits per heavy atom. The molecule has 4 rings (SSSR count). The number of benzene rings is 1. The first-order chi connectivity index (χ1) is 10.3. The topological polar surface area (TPSA) is 55.4 Å². The van der Waals surface area contributed by atoms with Crippen LogP contribution in [0.5, 0.6) is 11.5 Å².